The molecule has 2 unspecified atom stereocenters. The summed E-state index contributed by atoms with van der Waals surface area (Å²) in [6.45, 7) is 2.72. The lowest BCUT2D eigenvalue weighted by atomic mass is 9.48. The number of esters is 1. The van der Waals surface area contributed by atoms with E-state index in [9.17, 15) is 14.3 Å². The Labute approximate surface area is 113 Å². The summed E-state index contributed by atoms with van der Waals surface area (Å²) in [5.74, 6) is 0.335. The zero-order chi connectivity index (χ0) is 13.9. The van der Waals surface area contributed by atoms with E-state index in [2.05, 4.69) is 0 Å². The van der Waals surface area contributed by atoms with Crippen molar-refractivity contribution in [2.24, 2.45) is 17.3 Å². The van der Waals surface area contributed by atoms with E-state index < -0.39 is 17.2 Å². The lowest BCUT2D eigenvalue weighted by molar-refractivity contribution is -0.191. The molecule has 19 heavy (non-hydrogen) atoms. The van der Waals surface area contributed by atoms with Gasteiger partial charge in [-0.15, -0.1) is 0 Å². The Balaban J connectivity index is 1.69. The summed E-state index contributed by atoms with van der Waals surface area (Å²) in [5, 5.41) is 10.6. The van der Waals surface area contributed by atoms with Crippen LogP contribution in [0.2, 0.25) is 0 Å². The van der Waals surface area contributed by atoms with Gasteiger partial charge >= 0.3 is 5.97 Å². The summed E-state index contributed by atoms with van der Waals surface area (Å²) >= 11 is 0. The number of aliphatic hydroxyl groups is 1. The van der Waals surface area contributed by atoms with Crippen molar-refractivity contribution in [1.82, 2.24) is 0 Å². The number of carbonyl (C=O) groups is 1. The minimum absolute atomic E-state index is 0.0975. The van der Waals surface area contributed by atoms with Gasteiger partial charge in [-0.05, 0) is 64.2 Å². The van der Waals surface area contributed by atoms with E-state index in [1.165, 1.54) is 20.3 Å². The molecule has 0 heterocycles. The van der Waals surface area contributed by atoms with E-state index in [1.54, 1.807) is 0 Å². The third-order valence-corrected chi connectivity index (χ3v) is 5.15. The van der Waals surface area contributed by atoms with Crippen LogP contribution in [0.15, 0.2) is 0 Å². The van der Waals surface area contributed by atoms with Crippen LogP contribution in [0, 0.1) is 17.3 Å². The van der Waals surface area contributed by atoms with Gasteiger partial charge in [-0.25, -0.2) is 9.18 Å². The van der Waals surface area contributed by atoms with Gasteiger partial charge in [0.2, 0.25) is 5.67 Å². The summed E-state index contributed by atoms with van der Waals surface area (Å²) in [6.07, 6.45) is 5.75. The predicted molar refractivity (Wildman–Crippen MR) is 68.2 cm³/mol. The number of hydrogen-bond acceptors (Lipinski definition) is 3. The molecule has 4 saturated carbocycles. The molecule has 108 valence electrons. The molecule has 4 aliphatic rings. The lowest BCUT2D eigenvalue weighted by Crippen LogP contribution is -2.57. The van der Waals surface area contributed by atoms with Gasteiger partial charge in [0.25, 0.3) is 0 Å². The molecule has 4 fully saturated rings. The summed E-state index contributed by atoms with van der Waals surface area (Å²) in [5.41, 5.74) is -2.58. The van der Waals surface area contributed by atoms with Crippen LogP contribution in [0.4, 0.5) is 4.39 Å². The Morgan fingerprint density at radius 1 is 1.32 bits per heavy atom. The number of ether oxygens (including phenoxy) is 1. The Morgan fingerprint density at radius 3 is 2.37 bits per heavy atom. The van der Waals surface area contributed by atoms with Crippen molar-refractivity contribution in [3.8, 4) is 0 Å². The molecule has 0 aromatic rings. The maximum absolute atomic E-state index is 13.5. The average Bonchev–Trinajstić information content (AvgIpc) is 2.21. The predicted octanol–water partition coefficient (Wildman–Crippen LogP) is 2.61. The van der Waals surface area contributed by atoms with Crippen molar-refractivity contribution >= 4 is 5.97 Å². The van der Waals surface area contributed by atoms with Crippen LogP contribution in [0.3, 0.4) is 0 Å². The molecule has 3 nitrogen and oxygen atoms in total. The SMILES string of the molecule is CC(C)(F)C(=O)OCC12CC3CC(CC(O)(C3)C1)C2. The van der Waals surface area contributed by atoms with E-state index in [0.29, 0.717) is 18.3 Å². The van der Waals surface area contributed by atoms with E-state index in [0.717, 1.165) is 25.7 Å². The molecule has 2 atom stereocenters. The van der Waals surface area contributed by atoms with Crippen molar-refractivity contribution in [2.75, 3.05) is 6.61 Å². The summed E-state index contributed by atoms with van der Waals surface area (Å²) in [4.78, 5) is 11.6. The topological polar surface area (TPSA) is 46.5 Å². The molecule has 1 N–H and O–H groups in total. The van der Waals surface area contributed by atoms with Gasteiger partial charge in [-0.2, -0.15) is 0 Å². The first kappa shape index (κ1) is 13.3. The number of hydrogen-bond donors (Lipinski definition) is 1. The van der Waals surface area contributed by atoms with Crippen LogP contribution >= 0.6 is 0 Å². The van der Waals surface area contributed by atoms with Gasteiger partial charge in [-0.3, -0.25) is 0 Å². The molecule has 0 amide bonds. The van der Waals surface area contributed by atoms with Crippen LogP contribution in [0.1, 0.15) is 52.4 Å². The fourth-order valence-electron chi connectivity index (χ4n) is 4.96. The Bertz CT molecular complexity index is 385. The van der Waals surface area contributed by atoms with Gasteiger partial charge in [0.1, 0.15) is 0 Å². The fraction of sp³-hybridized carbons (Fsp3) is 0.933. The molecule has 4 bridgehead atoms. The molecule has 4 heteroatoms. The van der Waals surface area contributed by atoms with Gasteiger partial charge in [0.05, 0.1) is 12.2 Å². The van der Waals surface area contributed by atoms with Crippen LogP contribution in [0.25, 0.3) is 0 Å². The maximum Gasteiger partial charge on any atom is 0.343 e. The molecule has 0 aromatic heterocycles. The molecular weight excluding hydrogens is 247 g/mol. The highest BCUT2D eigenvalue weighted by Crippen LogP contribution is 2.61. The van der Waals surface area contributed by atoms with Crippen molar-refractivity contribution in [3.05, 3.63) is 0 Å². The van der Waals surface area contributed by atoms with E-state index in [-0.39, 0.29) is 12.0 Å². The zero-order valence-electron chi connectivity index (χ0n) is 11.7. The van der Waals surface area contributed by atoms with Gasteiger partial charge in [0, 0.05) is 5.41 Å². The molecular formula is C15H23FO3. The second-order valence-electron chi connectivity index (χ2n) is 7.73. The highest BCUT2D eigenvalue weighted by Gasteiger charge is 2.57. The molecule has 0 aromatic carbocycles. The van der Waals surface area contributed by atoms with Crippen LogP contribution < -0.4 is 0 Å². The molecule has 0 radical (unpaired) electrons. The van der Waals surface area contributed by atoms with E-state index >= 15 is 0 Å². The highest BCUT2D eigenvalue weighted by molar-refractivity contribution is 5.78. The number of halogens is 1. The largest absolute Gasteiger partial charge is 0.463 e. The lowest BCUT2D eigenvalue weighted by Gasteiger charge is -2.59. The Morgan fingerprint density at radius 2 is 1.89 bits per heavy atom. The smallest absolute Gasteiger partial charge is 0.343 e. The minimum atomic E-state index is -1.93. The molecule has 0 aliphatic heterocycles. The summed E-state index contributed by atoms with van der Waals surface area (Å²) in [6, 6.07) is 0. The quantitative estimate of drug-likeness (QED) is 0.802. The number of carbonyl (C=O) groups excluding carboxylic acids is 1. The monoisotopic (exact) mass is 270 g/mol. The number of rotatable bonds is 3. The second-order valence-corrected chi connectivity index (χ2v) is 7.73. The molecule has 0 spiro atoms. The first-order chi connectivity index (χ1) is 8.70. The maximum atomic E-state index is 13.5. The summed E-state index contributed by atoms with van der Waals surface area (Å²) < 4.78 is 18.7. The minimum Gasteiger partial charge on any atom is -0.463 e. The van der Waals surface area contributed by atoms with Crippen LogP contribution in [-0.2, 0) is 9.53 Å². The van der Waals surface area contributed by atoms with E-state index in [1.807, 2.05) is 0 Å². The van der Waals surface area contributed by atoms with Crippen molar-refractivity contribution < 1.29 is 19.0 Å². The van der Waals surface area contributed by atoms with Crippen LogP contribution in [-0.4, -0.2) is 29.0 Å². The Hall–Kier alpha value is -0.640. The first-order valence-corrected chi connectivity index (χ1v) is 7.28. The molecule has 0 saturated heterocycles. The van der Waals surface area contributed by atoms with Gasteiger partial charge in [0.15, 0.2) is 0 Å². The van der Waals surface area contributed by atoms with Crippen molar-refractivity contribution in [2.45, 2.75) is 63.6 Å². The normalized spacial score (nSPS) is 44.4. The van der Waals surface area contributed by atoms with E-state index in [4.69, 9.17) is 4.74 Å². The van der Waals surface area contributed by atoms with Gasteiger partial charge < -0.3 is 9.84 Å². The van der Waals surface area contributed by atoms with Crippen LogP contribution in [0.5, 0.6) is 0 Å². The van der Waals surface area contributed by atoms with Crippen molar-refractivity contribution in [3.63, 3.8) is 0 Å². The Kier molecular flexibility index (Phi) is 2.76. The molecule has 4 aliphatic carbocycles. The first-order valence-electron chi connectivity index (χ1n) is 7.28. The standard InChI is InChI=1S/C15H23FO3/c1-13(2,16)12(17)19-9-14-4-10-3-11(5-14)7-15(18,6-10)8-14/h10-11,18H,3-9H2,1-2H3. The third kappa shape index (κ3) is 2.39. The summed E-state index contributed by atoms with van der Waals surface area (Å²) in [7, 11) is 0. The average molecular weight is 270 g/mol. The fourth-order valence-corrected chi connectivity index (χ4v) is 4.96. The van der Waals surface area contributed by atoms with Crippen molar-refractivity contribution in [1.29, 1.82) is 0 Å². The zero-order valence-corrected chi connectivity index (χ0v) is 11.7. The third-order valence-electron chi connectivity index (χ3n) is 5.15. The second kappa shape index (κ2) is 3.94. The van der Waals surface area contributed by atoms with Gasteiger partial charge in [-0.1, -0.05) is 0 Å². The molecule has 4 rings (SSSR count). The number of alkyl halides is 1. The highest BCUT2D eigenvalue weighted by atomic mass is 19.1.